The molecule has 2 aliphatic heterocycles. The van der Waals surface area contributed by atoms with Crippen LogP contribution in [0.15, 0.2) is 18.3 Å². The highest BCUT2D eigenvalue weighted by Gasteiger charge is 2.31. The van der Waals surface area contributed by atoms with Crippen molar-refractivity contribution in [2.45, 2.75) is 77.3 Å². The molecule has 2 amide bonds. The third-order valence-corrected chi connectivity index (χ3v) is 8.21. The van der Waals surface area contributed by atoms with Gasteiger partial charge in [0.1, 0.15) is 5.82 Å². The van der Waals surface area contributed by atoms with Gasteiger partial charge in [0.2, 0.25) is 5.91 Å². The largest absolute Gasteiger partial charge is 0.357 e. The molecule has 1 N–H and O–H groups in total. The molecular formula is C28H37N7O2. The van der Waals surface area contributed by atoms with Crippen LogP contribution in [0.3, 0.4) is 0 Å². The number of likely N-dealkylation sites (tertiary alicyclic amines) is 1. The smallest absolute Gasteiger partial charge is 0.274 e. The average Bonchev–Trinajstić information content (AvgIpc) is 3.30. The Balaban J connectivity index is 1.19. The molecule has 3 aliphatic rings. The van der Waals surface area contributed by atoms with Gasteiger partial charge in [-0.2, -0.15) is 10.4 Å². The van der Waals surface area contributed by atoms with Gasteiger partial charge < -0.3 is 15.1 Å². The molecule has 0 radical (unpaired) electrons. The summed E-state index contributed by atoms with van der Waals surface area (Å²) in [4.78, 5) is 33.5. The van der Waals surface area contributed by atoms with E-state index in [0.29, 0.717) is 30.3 Å². The van der Waals surface area contributed by atoms with Crippen LogP contribution in [0.4, 0.5) is 5.82 Å². The van der Waals surface area contributed by atoms with E-state index < -0.39 is 0 Å². The van der Waals surface area contributed by atoms with Crippen molar-refractivity contribution in [3.05, 3.63) is 40.8 Å². The summed E-state index contributed by atoms with van der Waals surface area (Å²) in [6.45, 7) is 5.62. The first-order valence-corrected chi connectivity index (χ1v) is 13.8. The Bertz CT molecular complexity index is 1170. The topological polar surface area (TPSA) is 107 Å². The number of pyridine rings is 1. The van der Waals surface area contributed by atoms with Crippen LogP contribution in [-0.2, 0) is 24.2 Å². The molecule has 0 atom stereocenters. The number of anilines is 1. The predicted molar refractivity (Wildman–Crippen MR) is 140 cm³/mol. The highest BCUT2D eigenvalue weighted by Crippen LogP contribution is 2.29. The van der Waals surface area contributed by atoms with Crippen LogP contribution in [0, 0.1) is 17.2 Å². The number of aryl methyl sites for hydroxylation is 1. The molecule has 0 spiro atoms. The molecule has 1 aliphatic carbocycles. The van der Waals surface area contributed by atoms with Gasteiger partial charge in [-0.05, 0) is 75.8 Å². The van der Waals surface area contributed by atoms with Gasteiger partial charge in [0.15, 0.2) is 5.69 Å². The highest BCUT2D eigenvalue weighted by atomic mass is 16.2. The maximum atomic E-state index is 13.5. The second kappa shape index (κ2) is 11.3. The molecule has 9 nitrogen and oxygen atoms in total. The number of hydrogen-bond donors (Lipinski definition) is 1. The lowest BCUT2D eigenvalue weighted by Gasteiger charge is -2.33. The molecule has 196 valence electrons. The van der Waals surface area contributed by atoms with Crippen molar-refractivity contribution in [1.82, 2.24) is 25.0 Å². The summed E-state index contributed by atoms with van der Waals surface area (Å²) in [7, 11) is 0. The summed E-state index contributed by atoms with van der Waals surface area (Å²) >= 11 is 0. The SMILES string of the molecule is CC(=O)NC1CCN(C(=O)c2nn(CCC3CCN(c4cc(C#N)ccn4)CC3)c3c2CCCC3)CC1. The van der Waals surface area contributed by atoms with Crippen molar-refractivity contribution in [1.29, 1.82) is 5.26 Å². The van der Waals surface area contributed by atoms with Crippen molar-refractivity contribution in [3.8, 4) is 6.07 Å². The first-order chi connectivity index (χ1) is 18.0. The van der Waals surface area contributed by atoms with Crippen molar-refractivity contribution < 1.29 is 9.59 Å². The van der Waals surface area contributed by atoms with Gasteiger partial charge in [0, 0.05) is 63.1 Å². The maximum Gasteiger partial charge on any atom is 0.274 e. The molecule has 2 fully saturated rings. The zero-order valence-electron chi connectivity index (χ0n) is 21.8. The van der Waals surface area contributed by atoms with E-state index in [4.69, 9.17) is 5.10 Å². The van der Waals surface area contributed by atoms with Crippen molar-refractivity contribution in [2.75, 3.05) is 31.1 Å². The molecular weight excluding hydrogens is 466 g/mol. The standard InChI is InChI=1S/C28H37N7O2/c1-20(36)31-23-10-15-34(16-11-23)28(37)27-24-4-2-3-5-25(24)35(32-27)17-9-21-7-13-33(14-8-21)26-18-22(19-29)6-12-30-26/h6,12,18,21,23H,2-5,7-11,13-17H2,1H3,(H,31,36). The number of carbonyl (C=O) groups excluding carboxylic acids is 2. The van der Waals surface area contributed by atoms with E-state index >= 15 is 0 Å². The van der Waals surface area contributed by atoms with Crippen LogP contribution in [0.5, 0.6) is 0 Å². The third kappa shape index (κ3) is 5.79. The number of nitrogens with zero attached hydrogens (tertiary/aromatic N) is 6. The molecule has 0 saturated carbocycles. The van der Waals surface area contributed by atoms with Gasteiger partial charge in [-0.15, -0.1) is 0 Å². The molecule has 2 saturated heterocycles. The average molecular weight is 504 g/mol. The van der Waals surface area contributed by atoms with E-state index in [1.807, 2.05) is 11.0 Å². The van der Waals surface area contributed by atoms with Gasteiger partial charge in [0.25, 0.3) is 5.91 Å². The zero-order chi connectivity index (χ0) is 25.8. The van der Waals surface area contributed by atoms with E-state index in [0.717, 1.165) is 83.2 Å². The van der Waals surface area contributed by atoms with Gasteiger partial charge in [-0.3, -0.25) is 14.3 Å². The summed E-state index contributed by atoms with van der Waals surface area (Å²) < 4.78 is 2.14. The Labute approximate surface area is 218 Å². The Morgan fingerprint density at radius 1 is 1.11 bits per heavy atom. The first-order valence-electron chi connectivity index (χ1n) is 13.8. The highest BCUT2D eigenvalue weighted by molar-refractivity contribution is 5.94. The lowest BCUT2D eigenvalue weighted by molar-refractivity contribution is -0.119. The number of fused-ring (bicyclic) bond motifs is 1. The monoisotopic (exact) mass is 503 g/mol. The number of piperidine rings is 2. The molecule has 2 aromatic rings. The predicted octanol–water partition coefficient (Wildman–Crippen LogP) is 3.08. The second-order valence-electron chi connectivity index (χ2n) is 10.7. The lowest BCUT2D eigenvalue weighted by atomic mass is 9.93. The minimum Gasteiger partial charge on any atom is -0.357 e. The molecule has 9 heteroatoms. The van der Waals surface area contributed by atoms with E-state index in [9.17, 15) is 14.9 Å². The summed E-state index contributed by atoms with van der Waals surface area (Å²) in [6, 6.07) is 5.97. The van der Waals surface area contributed by atoms with E-state index in [1.165, 1.54) is 11.3 Å². The normalized spacial score (nSPS) is 18.8. The quantitative estimate of drug-likeness (QED) is 0.649. The number of aromatic nitrogens is 3. The van der Waals surface area contributed by atoms with Crippen molar-refractivity contribution in [3.63, 3.8) is 0 Å². The van der Waals surface area contributed by atoms with Crippen LogP contribution >= 0.6 is 0 Å². The van der Waals surface area contributed by atoms with Gasteiger partial charge >= 0.3 is 0 Å². The van der Waals surface area contributed by atoms with Crippen molar-refractivity contribution >= 4 is 17.6 Å². The molecule has 2 aromatic heterocycles. The molecule has 37 heavy (non-hydrogen) atoms. The zero-order valence-corrected chi connectivity index (χ0v) is 21.8. The number of hydrogen-bond acceptors (Lipinski definition) is 6. The van der Waals surface area contributed by atoms with Gasteiger partial charge in [0.05, 0.1) is 11.6 Å². The summed E-state index contributed by atoms with van der Waals surface area (Å²) in [5.74, 6) is 1.56. The van der Waals surface area contributed by atoms with Gasteiger partial charge in [-0.25, -0.2) is 4.98 Å². The summed E-state index contributed by atoms with van der Waals surface area (Å²) in [6.07, 6.45) is 10.8. The van der Waals surface area contributed by atoms with Crippen molar-refractivity contribution in [2.24, 2.45) is 5.92 Å². The minimum absolute atomic E-state index is 0.00636. The van der Waals surface area contributed by atoms with Crippen LogP contribution < -0.4 is 10.2 Å². The van der Waals surface area contributed by atoms with Crippen LogP contribution in [0.25, 0.3) is 0 Å². The first kappa shape index (κ1) is 25.2. The number of amides is 2. The number of carbonyl (C=O) groups is 2. The Hall–Kier alpha value is -3.41. The molecule has 0 unspecified atom stereocenters. The molecule has 0 bridgehead atoms. The fourth-order valence-electron chi connectivity index (χ4n) is 6.11. The number of nitrogens with one attached hydrogen (secondary N) is 1. The van der Waals surface area contributed by atoms with E-state index in [1.54, 1.807) is 19.2 Å². The van der Waals surface area contributed by atoms with E-state index in [2.05, 4.69) is 26.0 Å². The van der Waals surface area contributed by atoms with E-state index in [-0.39, 0.29) is 17.9 Å². The van der Waals surface area contributed by atoms with Crippen LogP contribution in [0.2, 0.25) is 0 Å². The molecule has 0 aromatic carbocycles. The van der Waals surface area contributed by atoms with Gasteiger partial charge in [-0.1, -0.05) is 0 Å². The molecule has 5 rings (SSSR count). The Morgan fingerprint density at radius 3 is 2.59 bits per heavy atom. The fourth-order valence-corrected chi connectivity index (χ4v) is 6.11. The fraction of sp³-hybridized carbons (Fsp3) is 0.607. The Morgan fingerprint density at radius 2 is 1.86 bits per heavy atom. The second-order valence-corrected chi connectivity index (χ2v) is 10.7. The summed E-state index contributed by atoms with van der Waals surface area (Å²) in [5, 5.41) is 17.1. The third-order valence-electron chi connectivity index (χ3n) is 8.21. The van der Waals surface area contributed by atoms with Crippen LogP contribution in [0.1, 0.15) is 79.2 Å². The molecule has 4 heterocycles. The summed E-state index contributed by atoms with van der Waals surface area (Å²) in [5.41, 5.74) is 3.74. The Kier molecular flexibility index (Phi) is 7.73. The number of nitriles is 1. The number of rotatable bonds is 6. The lowest BCUT2D eigenvalue weighted by Crippen LogP contribution is -2.46. The maximum absolute atomic E-state index is 13.5. The van der Waals surface area contributed by atoms with Crippen LogP contribution in [-0.4, -0.2) is 63.7 Å². The minimum atomic E-state index is -0.00636.